The van der Waals surface area contributed by atoms with Crippen LogP contribution in [-0.2, 0) is 4.79 Å². The molecular weight excluding hydrogens is 334 g/mol. The number of H-pyrrole nitrogens is 1. The van der Waals surface area contributed by atoms with Crippen molar-refractivity contribution in [3.05, 3.63) is 34.9 Å². The lowest BCUT2D eigenvalue weighted by molar-refractivity contribution is -0.116. The van der Waals surface area contributed by atoms with Gasteiger partial charge in [-0.3, -0.25) is 4.79 Å². The summed E-state index contributed by atoms with van der Waals surface area (Å²) in [6, 6.07) is 4.27. The van der Waals surface area contributed by atoms with Crippen LogP contribution in [0.25, 0.3) is 5.57 Å². The van der Waals surface area contributed by atoms with Gasteiger partial charge in [0.25, 0.3) is 0 Å². The highest BCUT2D eigenvalue weighted by atomic mass is 32.2. The molecule has 1 aliphatic heterocycles. The number of hydrogen-bond donors (Lipinski definition) is 2. The van der Waals surface area contributed by atoms with Crippen LogP contribution < -0.4 is 10.6 Å². The summed E-state index contributed by atoms with van der Waals surface area (Å²) in [7, 11) is 0. The topological polar surface area (TPSA) is 87.9 Å². The zero-order valence-corrected chi connectivity index (χ0v) is 16.0. The Labute approximate surface area is 151 Å². The number of carbonyl (C=O) groups is 1. The molecule has 0 aliphatic carbocycles. The maximum absolute atomic E-state index is 13.0. The van der Waals surface area contributed by atoms with E-state index in [1.807, 2.05) is 4.90 Å². The molecule has 0 spiro atoms. The highest BCUT2D eigenvalue weighted by molar-refractivity contribution is 7.99. The van der Waals surface area contributed by atoms with Crippen LogP contribution in [0.1, 0.15) is 37.5 Å². The molecule has 0 unspecified atom stereocenters. The highest BCUT2D eigenvalue weighted by Gasteiger charge is 2.36. The monoisotopic (exact) mass is 357 g/mol. The Morgan fingerprint density at radius 2 is 1.96 bits per heavy atom. The SMILES string of the molecule is CC1=CC(C)(C)N(C(=O)CSc2n[nH]c(N)n2)c2cc(C)c(C)cc21. The summed E-state index contributed by atoms with van der Waals surface area (Å²) < 4.78 is 0. The predicted octanol–water partition coefficient (Wildman–Crippen LogP) is 3.32. The van der Waals surface area contributed by atoms with E-state index in [2.05, 4.69) is 68.0 Å². The second-order valence-corrected chi connectivity index (χ2v) is 7.90. The number of nitrogen functional groups attached to an aromatic ring is 1. The van der Waals surface area contributed by atoms with Crippen molar-refractivity contribution in [2.24, 2.45) is 0 Å². The number of anilines is 2. The summed E-state index contributed by atoms with van der Waals surface area (Å²) in [5.74, 6) is 0.523. The van der Waals surface area contributed by atoms with Crippen LogP contribution in [0.5, 0.6) is 0 Å². The molecule has 0 saturated carbocycles. The molecule has 1 amide bonds. The van der Waals surface area contributed by atoms with Crippen LogP contribution in [0, 0.1) is 13.8 Å². The number of thioether (sulfide) groups is 1. The Balaban J connectivity index is 1.94. The molecule has 0 radical (unpaired) electrons. The lowest BCUT2D eigenvalue weighted by atomic mass is 9.87. The van der Waals surface area contributed by atoms with E-state index in [4.69, 9.17) is 5.73 Å². The fraction of sp³-hybridized carbons (Fsp3) is 0.389. The van der Waals surface area contributed by atoms with Crippen LogP contribution in [0.3, 0.4) is 0 Å². The number of aromatic nitrogens is 3. The average Bonchev–Trinajstić information content (AvgIpc) is 2.92. The van der Waals surface area contributed by atoms with E-state index in [1.165, 1.54) is 28.5 Å². The number of hydrogen-bond acceptors (Lipinski definition) is 5. The minimum Gasteiger partial charge on any atom is -0.368 e. The molecule has 6 nitrogen and oxygen atoms in total. The zero-order chi connectivity index (χ0) is 18.4. The molecule has 1 aliphatic rings. The number of carbonyl (C=O) groups excluding carboxylic acids is 1. The fourth-order valence-electron chi connectivity index (χ4n) is 3.25. The van der Waals surface area contributed by atoms with Crippen LogP contribution in [0.15, 0.2) is 23.4 Å². The third-order valence-corrected chi connectivity index (χ3v) is 5.31. The van der Waals surface area contributed by atoms with Crippen molar-refractivity contribution in [1.82, 2.24) is 15.2 Å². The number of amides is 1. The van der Waals surface area contributed by atoms with Crippen molar-refractivity contribution in [3.8, 4) is 0 Å². The van der Waals surface area contributed by atoms with Crippen molar-refractivity contribution < 1.29 is 4.79 Å². The molecule has 3 rings (SSSR count). The summed E-state index contributed by atoms with van der Waals surface area (Å²) in [5.41, 5.74) is 10.8. The van der Waals surface area contributed by atoms with Gasteiger partial charge in [-0.15, -0.1) is 5.10 Å². The molecule has 1 aromatic heterocycles. The molecule has 0 bridgehead atoms. The van der Waals surface area contributed by atoms with Gasteiger partial charge in [-0.1, -0.05) is 17.8 Å². The summed E-state index contributed by atoms with van der Waals surface area (Å²) in [4.78, 5) is 19.0. The van der Waals surface area contributed by atoms with Gasteiger partial charge in [0.15, 0.2) is 0 Å². The largest absolute Gasteiger partial charge is 0.368 e. The van der Waals surface area contributed by atoms with E-state index in [0.29, 0.717) is 5.16 Å². The van der Waals surface area contributed by atoms with E-state index in [-0.39, 0.29) is 17.6 Å². The van der Waals surface area contributed by atoms with Gasteiger partial charge < -0.3 is 10.6 Å². The van der Waals surface area contributed by atoms with Crippen molar-refractivity contribution >= 4 is 34.9 Å². The van der Waals surface area contributed by atoms with Crippen LogP contribution in [-0.4, -0.2) is 32.4 Å². The van der Waals surface area contributed by atoms with E-state index < -0.39 is 5.54 Å². The Kier molecular flexibility index (Phi) is 4.36. The van der Waals surface area contributed by atoms with Gasteiger partial charge in [-0.2, -0.15) is 4.98 Å². The number of rotatable bonds is 3. The first-order valence-corrected chi connectivity index (χ1v) is 9.12. The molecule has 2 aromatic rings. The molecule has 25 heavy (non-hydrogen) atoms. The molecule has 0 fully saturated rings. The zero-order valence-electron chi connectivity index (χ0n) is 15.2. The third kappa shape index (κ3) is 3.28. The standard InChI is InChI=1S/C18H23N5OS/c1-10-6-13-12(3)8-18(4,5)23(14(13)7-11(10)2)15(24)9-25-17-20-16(19)21-22-17/h6-8H,9H2,1-5H3,(H3,19,20,21,22). The van der Waals surface area contributed by atoms with Gasteiger partial charge in [-0.05, 0) is 63.5 Å². The van der Waals surface area contributed by atoms with Gasteiger partial charge in [0.1, 0.15) is 0 Å². The van der Waals surface area contributed by atoms with Gasteiger partial charge in [-0.25, -0.2) is 5.10 Å². The number of aryl methyl sites for hydroxylation is 2. The van der Waals surface area contributed by atoms with Crippen LogP contribution >= 0.6 is 11.8 Å². The summed E-state index contributed by atoms with van der Waals surface area (Å²) in [6.45, 7) is 10.4. The summed E-state index contributed by atoms with van der Waals surface area (Å²) in [6.07, 6.45) is 2.15. The molecule has 132 valence electrons. The summed E-state index contributed by atoms with van der Waals surface area (Å²) in [5, 5.41) is 7.03. The molecule has 7 heteroatoms. The van der Waals surface area contributed by atoms with Gasteiger partial charge in [0, 0.05) is 5.56 Å². The maximum atomic E-state index is 13.0. The number of nitrogens with zero attached hydrogens (tertiary/aromatic N) is 3. The Morgan fingerprint density at radius 3 is 2.60 bits per heavy atom. The van der Waals surface area contributed by atoms with E-state index in [9.17, 15) is 4.79 Å². The van der Waals surface area contributed by atoms with Crippen LogP contribution in [0.2, 0.25) is 0 Å². The van der Waals surface area contributed by atoms with E-state index in [1.54, 1.807) is 0 Å². The average molecular weight is 357 g/mol. The lowest BCUT2D eigenvalue weighted by Gasteiger charge is -2.42. The normalized spacial score (nSPS) is 15.7. The van der Waals surface area contributed by atoms with Gasteiger partial charge in [0.05, 0.1) is 17.0 Å². The molecular formula is C18H23N5OS. The Bertz CT molecular complexity index is 868. The van der Waals surface area contributed by atoms with Crippen molar-refractivity contribution in [1.29, 1.82) is 0 Å². The molecule has 3 N–H and O–H groups in total. The number of fused-ring (bicyclic) bond motifs is 1. The van der Waals surface area contributed by atoms with Gasteiger partial charge in [0.2, 0.25) is 17.0 Å². The first-order valence-electron chi connectivity index (χ1n) is 8.14. The van der Waals surface area contributed by atoms with E-state index in [0.717, 1.165) is 11.3 Å². The minimum absolute atomic E-state index is 0.0200. The van der Waals surface area contributed by atoms with Crippen molar-refractivity contribution in [2.75, 3.05) is 16.4 Å². The second-order valence-electron chi connectivity index (χ2n) is 6.96. The fourth-order valence-corrected chi connectivity index (χ4v) is 3.91. The first kappa shape index (κ1) is 17.5. The quantitative estimate of drug-likeness (QED) is 0.823. The number of aromatic amines is 1. The third-order valence-electron chi connectivity index (χ3n) is 4.48. The second kappa shape index (κ2) is 6.22. The lowest BCUT2D eigenvalue weighted by Crippen LogP contribution is -2.49. The number of allylic oxidation sites excluding steroid dienone is 1. The maximum Gasteiger partial charge on any atom is 0.238 e. The van der Waals surface area contributed by atoms with Crippen LogP contribution in [0.4, 0.5) is 11.6 Å². The minimum atomic E-state index is -0.394. The number of benzene rings is 1. The molecule has 0 atom stereocenters. The number of nitrogens with one attached hydrogen (secondary N) is 1. The predicted molar refractivity (Wildman–Crippen MR) is 103 cm³/mol. The highest BCUT2D eigenvalue weighted by Crippen LogP contribution is 2.40. The van der Waals surface area contributed by atoms with Crippen molar-refractivity contribution in [3.63, 3.8) is 0 Å². The van der Waals surface area contributed by atoms with E-state index >= 15 is 0 Å². The smallest absolute Gasteiger partial charge is 0.238 e. The molecule has 1 aromatic carbocycles. The number of nitrogens with two attached hydrogens (primary N) is 1. The molecule has 0 saturated heterocycles. The Hall–Kier alpha value is -2.28. The Morgan fingerprint density at radius 1 is 1.28 bits per heavy atom. The van der Waals surface area contributed by atoms with Crippen molar-refractivity contribution in [2.45, 2.75) is 45.3 Å². The molecule has 2 heterocycles. The van der Waals surface area contributed by atoms with Gasteiger partial charge >= 0.3 is 0 Å². The summed E-state index contributed by atoms with van der Waals surface area (Å²) >= 11 is 1.28. The first-order chi connectivity index (χ1) is 11.7.